The number of carbonyl (C=O) groups is 1. The molecular formula is C10H21NO2. The highest BCUT2D eigenvalue weighted by atomic mass is 16.6. The first-order valence-corrected chi connectivity index (χ1v) is 4.84. The monoisotopic (exact) mass is 187 g/mol. The number of amides is 1. The maximum Gasteiger partial charge on any atom is 0.407 e. The number of alkyl carbamates (subject to hydrolysis) is 1. The molecule has 0 radical (unpaired) electrons. The quantitative estimate of drug-likeness (QED) is 0.737. The van der Waals surface area contributed by atoms with Gasteiger partial charge >= 0.3 is 6.09 Å². The number of hydrogen-bond acceptors (Lipinski definition) is 2. The molecule has 0 saturated carbocycles. The van der Waals surface area contributed by atoms with Crippen LogP contribution in [0.3, 0.4) is 0 Å². The predicted molar refractivity (Wildman–Crippen MR) is 53.7 cm³/mol. The van der Waals surface area contributed by atoms with Crippen LogP contribution in [0.4, 0.5) is 4.79 Å². The molecule has 0 rings (SSSR count). The molecule has 0 aliphatic carbocycles. The van der Waals surface area contributed by atoms with Crippen LogP contribution in [-0.2, 0) is 4.74 Å². The van der Waals surface area contributed by atoms with Gasteiger partial charge in [-0.1, -0.05) is 13.3 Å². The molecule has 0 aromatic carbocycles. The van der Waals surface area contributed by atoms with Crippen molar-refractivity contribution in [3.63, 3.8) is 0 Å². The summed E-state index contributed by atoms with van der Waals surface area (Å²) in [5.41, 5.74) is -0.407. The highest BCUT2D eigenvalue weighted by Crippen LogP contribution is 2.07. The molecule has 0 fully saturated rings. The minimum Gasteiger partial charge on any atom is -0.444 e. The molecule has 0 unspecified atom stereocenters. The molecule has 0 spiro atoms. The Labute approximate surface area is 80.8 Å². The van der Waals surface area contributed by atoms with Crippen molar-refractivity contribution in [2.24, 2.45) is 0 Å². The molecule has 1 amide bonds. The van der Waals surface area contributed by atoms with Gasteiger partial charge < -0.3 is 10.1 Å². The zero-order valence-corrected chi connectivity index (χ0v) is 9.31. The lowest BCUT2D eigenvalue weighted by Gasteiger charge is -2.21. The van der Waals surface area contributed by atoms with E-state index >= 15 is 0 Å². The van der Waals surface area contributed by atoms with Crippen molar-refractivity contribution in [3.8, 4) is 0 Å². The molecule has 0 aromatic heterocycles. The van der Waals surface area contributed by atoms with E-state index in [1.807, 2.05) is 27.7 Å². The van der Waals surface area contributed by atoms with Crippen LogP contribution >= 0.6 is 0 Å². The zero-order chi connectivity index (χ0) is 10.5. The Morgan fingerprint density at radius 3 is 2.38 bits per heavy atom. The summed E-state index contributed by atoms with van der Waals surface area (Å²) >= 11 is 0. The molecule has 1 N–H and O–H groups in total. The fourth-order valence-corrected chi connectivity index (χ4v) is 1.01. The van der Waals surface area contributed by atoms with Crippen LogP contribution in [0.2, 0.25) is 0 Å². The Hall–Kier alpha value is -0.730. The number of nitrogens with one attached hydrogen (secondary N) is 1. The van der Waals surface area contributed by atoms with E-state index in [1.165, 1.54) is 0 Å². The summed E-state index contributed by atoms with van der Waals surface area (Å²) < 4.78 is 5.10. The second-order valence-corrected chi connectivity index (χ2v) is 4.34. The van der Waals surface area contributed by atoms with Crippen LogP contribution in [-0.4, -0.2) is 17.7 Å². The molecule has 0 aromatic rings. The van der Waals surface area contributed by atoms with Gasteiger partial charge in [-0.15, -0.1) is 0 Å². The Morgan fingerprint density at radius 1 is 1.46 bits per heavy atom. The van der Waals surface area contributed by atoms with Crippen LogP contribution in [0.15, 0.2) is 0 Å². The van der Waals surface area contributed by atoms with Gasteiger partial charge in [-0.25, -0.2) is 4.79 Å². The summed E-state index contributed by atoms with van der Waals surface area (Å²) in [5.74, 6) is 0. The second kappa shape index (κ2) is 5.10. The van der Waals surface area contributed by atoms with E-state index in [0.29, 0.717) is 0 Å². The highest BCUT2D eigenvalue weighted by Gasteiger charge is 2.16. The average Bonchev–Trinajstić information content (AvgIpc) is 1.81. The summed E-state index contributed by atoms with van der Waals surface area (Å²) in [6, 6.07) is 0.194. The van der Waals surface area contributed by atoms with E-state index < -0.39 is 5.60 Å². The number of carbonyl (C=O) groups excluding carboxylic acids is 1. The van der Waals surface area contributed by atoms with Gasteiger partial charge in [0.05, 0.1) is 0 Å². The van der Waals surface area contributed by atoms with Crippen LogP contribution in [0.5, 0.6) is 0 Å². The lowest BCUT2D eigenvalue weighted by atomic mass is 10.2. The van der Waals surface area contributed by atoms with Crippen molar-refractivity contribution < 1.29 is 9.53 Å². The minimum atomic E-state index is -0.407. The van der Waals surface area contributed by atoms with Gasteiger partial charge in [-0.3, -0.25) is 0 Å². The van der Waals surface area contributed by atoms with Gasteiger partial charge in [0.25, 0.3) is 0 Å². The van der Waals surface area contributed by atoms with E-state index in [0.717, 1.165) is 12.8 Å². The fraction of sp³-hybridized carbons (Fsp3) is 0.900. The van der Waals surface area contributed by atoms with Gasteiger partial charge in [0.1, 0.15) is 5.60 Å². The number of hydrogen-bond donors (Lipinski definition) is 1. The summed E-state index contributed by atoms with van der Waals surface area (Å²) in [6.45, 7) is 9.64. The summed E-state index contributed by atoms with van der Waals surface area (Å²) in [5, 5.41) is 2.78. The third kappa shape index (κ3) is 7.62. The van der Waals surface area contributed by atoms with E-state index in [4.69, 9.17) is 4.74 Å². The lowest BCUT2D eigenvalue weighted by molar-refractivity contribution is 0.0506. The SMILES string of the molecule is CCC[C@H](C)NC(=O)OC(C)(C)C. The molecular weight excluding hydrogens is 166 g/mol. The second-order valence-electron chi connectivity index (χ2n) is 4.34. The first-order valence-electron chi connectivity index (χ1n) is 4.84. The fourth-order valence-electron chi connectivity index (χ4n) is 1.01. The molecule has 0 bridgehead atoms. The van der Waals surface area contributed by atoms with Crippen molar-refractivity contribution >= 4 is 6.09 Å². The Kier molecular flexibility index (Phi) is 4.81. The lowest BCUT2D eigenvalue weighted by Crippen LogP contribution is -2.37. The molecule has 13 heavy (non-hydrogen) atoms. The smallest absolute Gasteiger partial charge is 0.407 e. The molecule has 1 atom stereocenters. The van der Waals surface area contributed by atoms with Gasteiger partial charge in [0, 0.05) is 6.04 Å². The normalized spacial score (nSPS) is 13.6. The maximum atomic E-state index is 11.2. The van der Waals surface area contributed by atoms with Crippen LogP contribution in [0, 0.1) is 0 Å². The van der Waals surface area contributed by atoms with Crippen LogP contribution < -0.4 is 5.32 Å². The minimum absolute atomic E-state index is 0.194. The number of ether oxygens (including phenoxy) is 1. The maximum absolute atomic E-state index is 11.2. The van der Waals surface area contributed by atoms with E-state index in [2.05, 4.69) is 12.2 Å². The van der Waals surface area contributed by atoms with E-state index in [9.17, 15) is 4.79 Å². The summed E-state index contributed by atoms with van der Waals surface area (Å²) in [4.78, 5) is 11.2. The van der Waals surface area contributed by atoms with Crippen molar-refractivity contribution in [2.45, 2.75) is 59.1 Å². The average molecular weight is 187 g/mol. The van der Waals surface area contributed by atoms with Crippen molar-refractivity contribution in [1.29, 1.82) is 0 Å². The molecule has 0 heterocycles. The highest BCUT2D eigenvalue weighted by molar-refractivity contribution is 5.67. The van der Waals surface area contributed by atoms with Crippen molar-refractivity contribution in [1.82, 2.24) is 5.32 Å². The molecule has 0 aliphatic heterocycles. The molecule has 3 heteroatoms. The molecule has 0 aliphatic rings. The molecule has 78 valence electrons. The predicted octanol–water partition coefficient (Wildman–Crippen LogP) is 2.70. The van der Waals surface area contributed by atoms with Gasteiger partial charge in [-0.2, -0.15) is 0 Å². The van der Waals surface area contributed by atoms with E-state index in [1.54, 1.807) is 0 Å². The largest absolute Gasteiger partial charge is 0.444 e. The summed E-state index contributed by atoms with van der Waals surface area (Å²) in [6.07, 6.45) is 1.73. The van der Waals surface area contributed by atoms with Crippen LogP contribution in [0.1, 0.15) is 47.5 Å². The summed E-state index contributed by atoms with van der Waals surface area (Å²) in [7, 11) is 0. The topological polar surface area (TPSA) is 38.3 Å². The van der Waals surface area contributed by atoms with E-state index in [-0.39, 0.29) is 12.1 Å². The Balaban J connectivity index is 3.74. The van der Waals surface area contributed by atoms with Crippen molar-refractivity contribution in [3.05, 3.63) is 0 Å². The number of rotatable bonds is 3. The van der Waals surface area contributed by atoms with Gasteiger partial charge in [0.2, 0.25) is 0 Å². The van der Waals surface area contributed by atoms with Crippen molar-refractivity contribution in [2.75, 3.05) is 0 Å². The third-order valence-electron chi connectivity index (χ3n) is 1.48. The van der Waals surface area contributed by atoms with Gasteiger partial charge in [0.15, 0.2) is 0 Å². The zero-order valence-electron chi connectivity index (χ0n) is 9.31. The molecule has 0 saturated heterocycles. The molecule has 3 nitrogen and oxygen atoms in total. The third-order valence-corrected chi connectivity index (χ3v) is 1.48. The Bertz CT molecular complexity index is 161. The first kappa shape index (κ1) is 12.3. The van der Waals surface area contributed by atoms with Gasteiger partial charge in [-0.05, 0) is 34.1 Å². The standard InChI is InChI=1S/C10H21NO2/c1-6-7-8(2)11-9(12)13-10(3,4)5/h8H,6-7H2,1-5H3,(H,11,12)/t8-/m0/s1. The van der Waals surface area contributed by atoms with Crippen LogP contribution in [0.25, 0.3) is 0 Å². The Morgan fingerprint density at radius 2 is 2.00 bits per heavy atom. The first-order chi connectivity index (χ1) is 5.85.